The van der Waals surface area contributed by atoms with Crippen molar-refractivity contribution >= 4 is 12.0 Å². The Balaban J connectivity index is 1.40. The number of hydrogen-bond acceptors (Lipinski definition) is 3. The number of carboxylic acid groups (broad SMARTS) is 1. The molecule has 6 nitrogen and oxygen atoms in total. The van der Waals surface area contributed by atoms with Crippen molar-refractivity contribution in [3.8, 4) is 0 Å². The van der Waals surface area contributed by atoms with Crippen LogP contribution in [-0.2, 0) is 4.79 Å². The molecule has 3 N–H and O–H groups in total. The number of carboxylic acids is 1. The van der Waals surface area contributed by atoms with E-state index in [1.165, 1.54) is 12.8 Å². The molecule has 1 unspecified atom stereocenters. The quantitative estimate of drug-likeness (QED) is 0.695. The molecule has 2 saturated carbocycles. The van der Waals surface area contributed by atoms with E-state index in [9.17, 15) is 14.7 Å². The Hall–Kier alpha value is -1.30. The van der Waals surface area contributed by atoms with Crippen LogP contribution < -0.4 is 10.6 Å². The van der Waals surface area contributed by atoms with Crippen LogP contribution in [0.4, 0.5) is 4.79 Å². The summed E-state index contributed by atoms with van der Waals surface area (Å²) in [6, 6.07) is 0.730. The summed E-state index contributed by atoms with van der Waals surface area (Å²) in [7, 11) is 0. The van der Waals surface area contributed by atoms with Crippen LogP contribution in [0, 0.1) is 5.41 Å². The summed E-state index contributed by atoms with van der Waals surface area (Å²) in [5, 5.41) is 14.9. The molecule has 0 radical (unpaired) electrons. The molecule has 0 aromatic rings. The first kappa shape index (κ1) is 13.7. The average molecular weight is 281 g/mol. The van der Waals surface area contributed by atoms with E-state index >= 15 is 0 Å². The summed E-state index contributed by atoms with van der Waals surface area (Å²) >= 11 is 0. The van der Waals surface area contributed by atoms with Crippen molar-refractivity contribution in [2.45, 2.75) is 50.6 Å². The summed E-state index contributed by atoms with van der Waals surface area (Å²) in [6.45, 7) is 2.24. The minimum Gasteiger partial charge on any atom is -0.481 e. The lowest BCUT2D eigenvalue weighted by Crippen LogP contribution is -2.51. The molecule has 0 aromatic heterocycles. The van der Waals surface area contributed by atoms with Gasteiger partial charge in [0, 0.05) is 31.7 Å². The smallest absolute Gasteiger partial charge is 0.315 e. The third-order valence-corrected chi connectivity index (χ3v) is 4.97. The zero-order chi connectivity index (χ0) is 14.2. The maximum Gasteiger partial charge on any atom is 0.315 e. The van der Waals surface area contributed by atoms with E-state index in [1.807, 2.05) is 0 Å². The van der Waals surface area contributed by atoms with Crippen molar-refractivity contribution in [2.75, 3.05) is 19.6 Å². The molecule has 3 fully saturated rings. The monoisotopic (exact) mass is 281 g/mol. The third-order valence-electron chi connectivity index (χ3n) is 4.97. The lowest BCUT2D eigenvalue weighted by molar-refractivity contribution is -0.153. The van der Waals surface area contributed by atoms with Crippen molar-refractivity contribution < 1.29 is 14.7 Å². The minimum atomic E-state index is -0.787. The molecule has 2 aliphatic carbocycles. The first-order valence-electron chi connectivity index (χ1n) is 7.61. The molecule has 0 bridgehead atoms. The van der Waals surface area contributed by atoms with E-state index in [0.29, 0.717) is 12.8 Å². The molecule has 6 heteroatoms. The van der Waals surface area contributed by atoms with E-state index in [2.05, 4.69) is 15.5 Å². The Morgan fingerprint density at radius 1 is 1.25 bits per heavy atom. The number of rotatable bonds is 5. The zero-order valence-corrected chi connectivity index (χ0v) is 11.7. The van der Waals surface area contributed by atoms with E-state index in [0.717, 1.165) is 32.0 Å². The summed E-state index contributed by atoms with van der Waals surface area (Å²) in [6.07, 6.45) is 5.85. The molecule has 3 aliphatic rings. The average Bonchev–Trinajstić information content (AvgIpc) is 3.09. The number of carbonyl (C=O) groups excluding carboxylic acids is 1. The first-order chi connectivity index (χ1) is 9.59. The summed E-state index contributed by atoms with van der Waals surface area (Å²) < 4.78 is 0. The number of nitrogens with one attached hydrogen (secondary N) is 2. The number of nitrogens with zero attached hydrogens (tertiary/aromatic N) is 1. The fourth-order valence-corrected chi connectivity index (χ4v) is 3.23. The second kappa shape index (κ2) is 5.24. The lowest BCUT2D eigenvalue weighted by Gasteiger charge is -2.37. The second-order valence-corrected chi connectivity index (χ2v) is 6.48. The van der Waals surface area contributed by atoms with Crippen LogP contribution in [0.2, 0.25) is 0 Å². The topological polar surface area (TPSA) is 81.7 Å². The molecule has 0 spiro atoms. The van der Waals surface area contributed by atoms with Crippen molar-refractivity contribution in [1.82, 2.24) is 15.5 Å². The Labute approximate surface area is 118 Å². The predicted octanol–water partition coefficient (Wildman–Crippen LogP) is 0.777. The van der Waals surface area contributed by atoms with Crippen LogP contribution in [0.3, 0.4) is 0 Å². The van der Waals surface area contributed by atoms with Crippen LogP contribution in [-0.4, -0.2) is 53.7 Å². The Kier molecular flexibility index (Phi) is 3.58. The van der Waals surface area contributed by atoms with E-state index in [4.69, 9.17) is 0 Å². The van der Waals surface area contributed by atoms with Crippen molar-refractivity contribution in [3.63, 3.8) is 0 Å². The number of likely N-dealkylation sites (tertiary alicyclic amines) is 1. The van der Waals surface area contributed by atoms with Gasteiger partial charge in [0.15, 0.2) is 0 Å². The van der Waals surface area contributed by atoms with Gasteiger partial charge in [0.1, 0.15) is 0 Å². The third kappa shape index (κ3) is 2.75. The minimum absolute atomic E-state index is 0.206. The van der Waals surface area contributed by atoms with E-state index in [1.54, 1.807) is 0 Å². The highest BCUT2D eigenvalue weighted by Gasteiger charge is 2.44. The Morgan fingerprint density at radius 3 is 2.55 bits per heavy atom. The van der Waals surface area contributed by atoms with Gasteiger partial charge in [-0.3, -0.25) is 9.69 Å². The number of urea groups is 1. The zero-order valence-electron chi connectivity index (χ0n) is 11.7. The number of aliphatic carboxylic acids is 1. The van der Waals surface area contributed by atoms with Gasteiger partial charge in [-0.25, -0.2) is 4.79 Å². The molecular formula is C14H23N3O3. The largest absolute Gasteiger partial charge is 0.481 e. The van der Waals surface area contributed by atoms with Crippen molar-refractivity contribution in [3.05, 3.63) is 0 Å². The predicted molar refractivity (Wildman–Crippen MR) is 73.5 cm³/mol. The van der Waals surface area contributed by atoms with Crippen molar-refractivity contribution in [2.24, 2.45) is 5.41 Å². The molecule has 1 saturated heterocycles. The number of hydrogen-bond donors (Lipinski definition) is 3. The van der Waals surface area contributed by atoms with E-state index < -0.39 is 11.4 Å². The van der Waals surface area contributed by atoms with Gasteiger partial charge in [-0.1, -0.05) is 6.42 Å². The van der Waals surface area contributed by atoms with Crippen LogP contribution >= 0.6 is 0 Å². The molecule has 1 atom stereocenters. The molecule has 1 aliphatic heterocycles. The Bertz CT molecular complexity index is 404. The van der Waals surface area contributed by atoms with Gasteiger partial charge in [0.2, 0.25) is 0 Å². The fraction of sp³-hybridized carbons (Fsp3) is 0.857. The van der Waals surface area contributed by atoms with Crippen LogP contribution in [0.1, 0.15) is 38.5 Å². The SMILES string of the molecule is O=C(NCC1(C(=O)O)CCC1)NC1CCN(C2CC2)C1. The van der Waals surface area contributed by atoms with Crippen LogP contribution in [0.15, 0.2) is 0 Å². The highest BCUT2D eigenvalue weighted by molar-refractivity contribution is 5.79. The molecule has 1 heterocycles. The molecule has 20 heavy (non-hydrogen) atoms. The van der Waals surface area contributed by atoms with E-state index in [-0.39, 0.29) is 18.6 Å². The summed E-state index contributed by atoms with van der Waals surface area (Å²) in [5.41, 5.74) is -0.715. The molecule has 0 aromatic carbocycles. The van der Waals surface area contributed by atoms with Crippen LogP contribution in [0.25, 0.3) is 0 Å². The Morgan fingerprint density at radius 2 is 2.00 bits per heavy atom. The maximum absolute atomic E-state index is 11.9. The molecule has 3 rings (SSSR count). The maximum atomic E-state index is 11.9. The normalized spacial score (nSPS) is 28.7. The highest BCUT2D eigenvalue weighted by Crippen LogP contribution is 2.40. The number of carbonyl (C=O) groups is 2. The van der Waals surface area contributed by atoms with Crippen molar-refractivity contribution in [1.29, 1.82) is 0 Å². The molecule has 2 amide bonds. The van der Waals surface area contributed by atoms with Gasteiger partial charge in [-0.05, 0) is 32.1 Å². The molecular weight excluding hydrogens is 258 g/mol. The van der Waals surface area contributed by atoms with Crippen LogP contribution in [0.5, 0.6) is 0 Å². The second-order valence-electron chi connectivity index (χ2n) is 6.48. The summed E-state index contributed by atoms with van der Waals surface area (Å²) in [5.74, 6) is -0.787. The highest BCUT2D eigenvalue weighted by atomic mass is 16.4. The lowest BCUT2D eigenvalue weighted by atomic mass is 9.69. The van der Waals surface area contributed by atoms with Gasteiger partial charge in [0.25, 0.3) is 0 Å². The standard InChI is InChI=1S/C14H23N3O3/c18-12(19)14(5-1-6-14)9-15-13(20)16-10-4-7-17(8-10)11-2-3-11/h10-11H,1-9H2,(H,18,19)(H2,15,16,20). The summed E-state index contributed by atoms with van der Waals surface area (Å²) in [4.78, 5) is 25.5. The van der Waals surface area contributed by atoms with Gasteiger partial charge in [-0.15, -0.1) is 0 Å². The number of amides is 2. The van der Waals surface area contributed by atoms with Gasteiger partial charge >= 0.3 is 12.0 Å². The van der Waals surface area contributed by atoms with Gasteiger partial charge in [-0.2, -0.15) is 0 Å². The molecule has 112 valence electrons. The fourth-order valence-electron chi connectivity index (χ4n) is 3.23. The van der Waals surface area contributed by atoms with Gasteiger partial charge in [0.05, 0.1) is 5.41 Å². The van der Waals surface area contributed by atoms with Gasteiger partial charge < -0.3 is 15.7 Å². The first-order valence-corrected chi connectivity index (χ1v) is 7.61.